The number of hydrogen-bond donors (Lipinski definition) is 2. The molecule has 0 atom stereocenters. The van der Waals surface area contributed by atoms with Crippen LogP contribution in [0.1, 0.15) is 17.3 Å². The van der Waals surface area contributed by atoms with E-state index in [9.17, 15) is 4.79 Å². The first-order valence-electron chi connectivity index (χ1n) is 7.00. The first kappa shape index (κ1) is 14.6. The van der Waals surface area contributed by atoms with Gasteiger partial charge in [-0.1, -0.05) is 6.07 Å². The Morgan fingerprint density at radius 3 is 2.87 bits per heavy atom. The van der Waals surface area contributed by atoms with Crippen LogP contribution in [0.4, 0.5) is 5.95 Å². The first-order valence-corrected chi connectivity index (χ1v) is 7.00. The third-order valence-electron chi connectivity index (χ3n) is 2.91. The Bertz CT molecular complexity index is 785. The van der Waals surface area contributed by atoms with Crippen molar-refractivity contribution in [3.8, 4) is 17.4 Å². The van der Waals surface area contributed by atoms with Crippen LogP contribution >= 0.6 is 0 Å². The fourth-order valence-corrected chi connectivity index (χ4v) is 1.86. The van der Waals surface area contributed by atoms with Gasteiger partial charge >= 0.3 is 0 Å². The van der Waals surface area contributed by atoms with Crippen molar-refractivity contribution in [1.29, 1.82) is 0 Å². The van der Waals surface area contributed by atoms with Gasteiger partial charge in [0.05, 0.1) is 12.2 Å². The topological polar surface area (TPSA) is 106 Å². The highest BCUT2D eigenvalue weighted by Crippen LogP contribution is 2.13. The third kappa shape index (κ3) is 3.49. The van der Waals surface area contributed by atoms with E-state index in [0.717, 1.165) is 0 Å². The fraction of sp³-hybridized carbons (Fsp3) is 0.133. The summed E-state index contributed by atoms with van der Waals surface area (Å²) in [5.74, 6) is 0.766. The predicted molar refractivity (Wildman–Crippen MR) is 83.0 cm³/mol. The summed E-state index contributed by atoms with van der Waals surface area (Å²) in [4.78, 5) is 24.5. The van der Waals surface area contributed by atoms with E-state index >= 15 is 0 Å². The van der Waals surface area contributed by atoms with E-state index in [0.29, 0.717) is 29.6 Å². The van der Waals surface area contributed by atoms with Crippen molar-refractivity contribution in [2.45, 2.75) is 6.92 Å². The highest BCUT2D eigenvalue weighted by molar-refractivity contribution is 6.03. The van der Waals surface area contributed by atoms with Crippen molar-refractivity contribution in [3.05, 3.63) is 48.3 Å². The average molecular weight is 310 g/mol. The van der Waals surface area contributed by atoms with E-state index in [1.54, 1.807) is 24.4 Å². The lowest BCUT2D eigenvalue weighted by Crippen LogP contribution is -2.13. The lowest BCUT2D eigenvalue weighted by Gasteiger charge is -2.03. The number of anilines is 1. The normalized spacial score (nSPS) is 10.3. The minimum atomic E-state index is -0.355. The molecule has 8 nitrogen and oxygen atoms in total. The minimum Gasteiger partial charge on any atom is -0.478 e. The number of ether oxygens (including phenoxy) is 1. The molecule has 3 aromatic heterocycles. The maximum Gasteiger partial charge on any atom is 0.259 e. The van der Waals surface area contributed by atoms with Crippen LogP contribution in [-0.2, 0) is 0 Å². The van der Waals surface area contributed by atoms with Crippen LogP contribution in [0.2, 0.25) is 0 Å². The summed E-state index contributed by atoms with van der Waals surface area (Å²) in [5.41, 5.74) is 1.03. The van der Waals surface area contributed by atoms with E-state index < -0.39 is 0 Å². The zero-order chi connectivity index (χ0) is 16.1. The van der Waals surface area contributed by atoms with E-state index in [2.05, 4.69) is 30.5 Å². The van der Waals surface area contributed by atoms with Gasteiger partial charge in [-0.05, 0) is 25.1 Å². The maximum atomic E-state index is 12.1. The Labute approximate surface area is 132 Å². The zero-order valence-electron chi connectivity index (χ0n) is 12.4. The Morgan fingerprint density at radius 2 is 2.17 bits per heavy atom. The van der Waals surface area contributed by atoms with Gasteiger partial charge in [0.15, 0.2) is 5.82 Å². The number of rotatable bonds is 5. The molecule has 0 saturated carbocycles. The quantitative estimate of drug-likeness (QED) is 0.745. The SMILES string of the molecule is CCOc1ccc(C(=O)Nc2n[nH]c(-c3ccccn3)n2)cn1. The molecule has 3 aromatic rings. The van der Waals surface area contributed by atoms with Gasteiger partial charge in [-0.15, -0.1) is 5.10 Å². The molecule has 0 bridgehead atoms. The molecule has 2 N–H and O–H groups in total. The summed E-state index contributed by atoms with van der Waals surface area (Å²) in [6.07, 6.45) is 3.09. The van der Waals surface area contributed by atoms with Gasteiger partial charge in [-0.3, -0.25) is 20.2 Å². The number of carbonyl (C=O) groups excluding carboxylic acids is 1. The summed E-state index contributed by atoms with van der Waals surface area (Å²) in [7, 11) is 0. The second-order valence-electron chi connectivity index (χ2n) is 4.49. The maximum absolute atomic E-state index is 12.1. The molecule has 116 valence electrons. The number of H-pyrrole nitrogens is 1. The van der Waals surface area contributed by atoms with Crippen molar-refractivity contribution < 1.29 is 9.53 Å². The Balaban J connectivity index is 1.69. The summed E-state index contributed by atoms with van der Waals surface area (Å²) in [6.45, 7) is 2.39. The molecule has 0 aliphatic heterocycles. The molecular weight excluding hydrogens is 296 g/mol. The molecule has 0 unspecified atom stereocenters. The first-order chi connectivity index (χ1) is 11.3. The predicted octanol–water partition coefficient (Wildman–Crippen LogP) is 1.91. The van der Waals surface area contributed by atoms with Gasteiger partial charge in [0, 0.05) is 18.5 Å². The van der Waals surface area contributed by atoms with Crippen molar-refractivity contribution in [2.24, 2.45) is 0 Å². The standard InChI is InChI=1S/C15H14N6O2/c1-2-23-12-7-6-10(9-17-12)14(22)19-15-18-13(20-21-15)11-5-3-4-8-16-11/h3-9H,2H2,1H3,(H2,18,19,20,21,22). The molecule has 0 aliphatic rings. The number of carbonyl (C=O) groups is 1. The highest BCUT2D eigenvalue weighted by Gasteiger charge is 2.11. The lowest BCUT2D eigenvalue weighted by molar-refractivity contribution is 0.102. The van der Waals surface area contributed by atoms with Gasteiger partial charge in [-0.2, -0.15) is 4.98 Å². The molecule has 0 radical (unpaired) electrons. The Morgan fingerprint density at radius 1 is 1.26 bits per heavy atom. The van der Waals surface area contributed by atoms with Crippen LogP contribution in [0.3, 0.4) is 0 Å². The Hall–Kier alpha value is -3.29. The van der Waals surface area contributed by atoms with E-state index in [4.69, 9.17) is 4.74 Å². The number of pyridine rings is 2. The lowest BCUT2D eigenvalue weighted by atomic mass is 10.3. The molecule has 23 heavy (non-hydrogen) atoms. The van der Waals surface area contributed by atoms with Gasteiger partial charge < -0.3 is 4.74 Å². The second kappa shape index (κ2) is 6.65. The number of nitrogens with one attached hydrogen (secondary N) is 2. The van der Waals surface area contributed by atoms with Gasteiger partial charge in [-0.25, -0.2) is 4.98 Å². The molecule has 0 fully saturated rings. The number of aromatic nitrogens is 5. The highest BCUT2D eigenvalue weighted by atomic mass is 16.5. The molecule has 0 saturated heterocycles. The van der Waals surface area contributed by atoms with Gasteiger partial charge in [0.1, 0.15) is 5.69 Å². The zero-order valence-corrected chi connectivity index (χ0v) is 12.4. The molecule has 0 aliphatic carbocycles. The number of amides is 1. The number of hydrogen-bond acceptors (Lipinski definition) is 6. The molecule has 3 rings (SSSR count). The van der Waals surface area contributed by atoms with Crippen molar-refractivity contribution in [1.82, 2.24) is 25.1 Å². The largest absolute Gasteiger partial charge is 0.478 e. The summed E-state index contributed by atoms with van der Waals surface area (Å²) >= 11 is 0. The monoisotopic (exact) mass is 310 g/mol. The molecule has 0 spiro atoms. The molecule has 1 amide bonds. The van der Waals surface area contributed by atoms with E-state index in [-0.39, 0.29) is 11.9 Å². The fourth-order valence-electron chi connectivity index (χ4n) is 1.86. The van der Waals surface area contributed by atoms with E-state index in [1.807, 2.05) is 19.1 Å². The van der Waals surface area contributed by atoms with Crippen molar-refractivity contribution in [3.63, 3.8) is 0 Å². The van der Waals surface area contributed by atoms with Crippen LogP contribution in [0, 0.1) is 0 Å². The minimum absolute atomic E-state index is 0.171. The van der Waals surface area contributed by atoms with Crippen LogP contribution in [0.15, 0.2) is 42.7 Å². The average Bonchev–Trinajstić information content (AvgIpc) is 3.05. The molecule has 0 aromatic carbocycles. The number of aromatic amines is 1. The van der Waals surface area contributed by atoms with E-state index in [1.165, 1.54) is 6.20 Å². The summed E-state index contributed by atoms with van der Waals surface area (Å²) in [6, 6.07) is 8.70. The molecule has 8 heteroatoms. The second-order valence-corrected chi connectivity index (χ2v) is 4.49. The van der Waals surface area contributed by atoms with Gasteiger partial charge in [0.25, 0.3) is 5.91 Å². The summed E-state index contributed by atoms with van der Waals surface area (Å²) < 4.78 is 5.23. The number of nitrogens with zero attached hydrogens (tertiary/aromatic N) is 4. The summed E-state index contributed by atoms with van der Waals surface area (Å²) in [5, 5.41) is 9.28. The smallest absolute Gasteiger partial charge is 0.259 e. The van der Waals surface area contributed by atoms with Crippen molar-refractivity contribution in [2.75, 3.05) is 11.9 Å². The van der Waals surface area contributed by atoms with Crippen LogP contribution in [0.25, 0.3) is 11.5 Å². The molecule has 3 heterocycles. The molecular formula is C15H14N6O2. The third-order valence-corrected chi connectivity index (χ3v) is 2.91. The van der Waals surface area contributed by atoms with Crippen LogP contribution in [0.5, 0.6) is 5.88 Å². The Kier molecular flexibility index (Phi) is 4.23. The van der Waals surface area contributed by atoms with Crippen molar-refractivity contribution >= 4 is 11.9 Å². The van der Waals surface area contributed by atoms with Crippen LogP contribution in [-0.4, -0.2) is 37.7 Å². The van der Waals surface area contributed by atoms with Gasteiger partial charge in [0.2, 0.25) is 11.8 Å². The van der Waals surface area contributed by atoms with Crippen LogP contribution < -0.4 is 10.1 Å².